The van der Waals surface area contributed by atoms with Gasteiger partial charge in [-0.05, 0) is 41.3 Å². The molecule has 4 aromatic rings. The highest BCUT2D eigenvalue weighted by Crippen LogP contribution is 2.23. The summed E-state index contributed by atoms with van der Waals surface area (Å²) in [6.07, 6.45) is 0.205. The van der Waals surface area contributed by atoms with Crippen LogP contribution in [0.2, 0.25) is 0 Å². The van der Waals surface area contributed by atoms with Crippen LogP contribution in [0, 0.1) is 0 Å². The van der Waals surface area contributed by atoms with Gasteiger partial charge >= 0.3 is 5.97 Å². The Morgan fingerprint density at radius 1 is 1.03 bits per heavy atom. The van der Waals surface area contributed by atoms with Gasteiger partial charge in [0, 0.05) is 16.0 Å². The second-order valence-electron chi connectivity index (χ2n) is 7.39. The molecule has 0 fully saturated rings. The number of carbonyl (C=O) groups excluding carboxylic acids is 3. The lowest BCUT2D eigenvalue weighted by atomic mass is 10.1. The van der Waals surface area contributed by atoms with E-state index < -0.39 is 12.0 Å². The van der Waals surface area contributed by atoms with E-state index in [-0.39, 0.29) is 30.4 Å². The zero-order chi connectivity index (χ0) is 23.2. The molecule has 33 heavy (non-hydrogen) atoms. The highest BCUT2D eigenvalue weighted by Gasteiger charge is 2.20. The van der Waals surface area contributed by atoms with E-state index in [1.165, 1.54) is 18.4 Å². The van der Waals surface area contributed by atoms with Gasteiger partial charge in [-0.25, -0.2) is 0 Å². The molecule has 0 spiro atoms. The molecule has 2 aromatic carbocycles. The van der Waals surface area contributed by atoms with Crippen LogP contribution >= 0.6 is 11.3 Å². The molecule has 2 N–H and O–H groups in total. The number of para-hydroxylation sites is 1. The van der Waals surface area contributed by atoms with Gasteiger partial charge in [0.2, 0.25) is 5.91 Å². The first-order chi connectivity index (χ1) is 16.0. The van der Waals surface area contributed by atoms with E-state index in [1.54, 1.807) is 36.4 Å². The fourth-order valence-electron chi connectivity index (χ4n) is 3.39. The Morgan fingerprint density at radius 3 is 2.52 bits per heavy atom. The average molecular weight is 463 g/mol. The molecule has 0 radical (unpaired) electrons. The Labute approximate surface area is 194 Å². The monoisotopic (exact) mass is 462 g/mol. The van der Waals surface area contributed by atoms with Gasteiger partial charge in [-0.15, -0.1) is 11.3 Å². The first-order valence-corrected chi connectivity index (χ1v) is 11.2. The SMILES string of the molecule is COC(=O)CC(NC(=O)Cc1ccc(NC(=O)c2cc3ccccc3o2)cc1)c1cccs1. The second kappa shape index (κ2) is 10.1. The molecule has 0 aliphatic carbocycles. The lowest BCUT2D eigenvalue weighted by molar-refractivity contribution is -0.141. The van der Waals surface area contributed by atoms with E-state index in [0.717, 1.165) is 15.8 Å². The standard InChI is InChI=1S/C25H22N2O5S/c1-31-24(29)15-19(22-7-4-12-33-22)27-23(28)13-16-8-10-18(11-9-16)26-25(30)21-14-17-5-2-3-6-20(17)32-21/h2-12,14,19H,13,15H2,1H3,(H,26,30)(H,27,28). The molecule has 8 heteroatoms. The molecule has 2 amide bonds. The fraction of sp³-hybridized carbons (Fsp3) is 0.160. The topological polar surface area (TPSA) is 97.6 Å². The number of amides is 2. The van der Waals surface area contributed by atoms with Gasteiger partial charge in [0.1, 0.15) is 5.58 Å². The quantitative estimate of drug-likeness (QED) is 0.370. The third-order valence-electron chi connectivity index (χ3n) is 5.05. The van der Waals surface area contributed by atoms with Crippen molar-refractivity contribution in [3.63, 3.8) is 0 Å². The normalized spacial score (nSPS) is 11.7. The fourth-order valence-corrected chi connectivity index (χ4v) is 4.16. The van der Waals surface area contributed by atoms with E-state index in [9.17, 15) is 14.4 Å². The number of fused-ring (bicyclic) bond motifs is 1. The van der Waals surface area contributed by atoms with Crippen molar-refractivity contribution in [3.05, 3.63) is 88.3 Å². The minimum Gasteiger partial charge on any atom is -0.469 e. The number of furan rings is 1. The predicted octanol–water partition coefficient (Wildman–Crippen LogP) is 4.71. The van der Waals surface area contributed by atoms with Gasteiger partial charge in [-0.1, -0.05) is 36.4 Å². The lowest BCUT2D eigenvalue weighted by Crippen LogP contribution is -2.31. The second-order valence-corrected chi connectivity index (χ2v) is 8.37. The zero-order valence-electron chi connectivity index (χ0n) is 17.9. The highest BCUT2D eigenvalue weighted by molar-refractivity contribution is 7.10. The Morgan fingerprint density at radius 2 is 1.82 bits per heavy atom. The molecule has 0 aliphatic rings. The summed E-state index contributed by atoms with van der Waals surface area (Å²) >= 11 is 1.47. The molecular formula is C25H22N2O5S. The molecule has 0 saturated carbocycles. The molecule has 7 nitrogen and oxygen atoms in total. The third-order valence-corrected chi connectivity index (χ3v) is 6.03. The first kappa shape index (κ1) is 22.3. The summed E-state index contributed by atoms with van der Waals surface area (Å²) in [5.74, 6) is -0.724. The van der Waals surface area contributed by atoms with Gasteiger partial charge in [0.05, 0.1) is 26.0 Å². The van der Waals surface area contributed by atoms with Gasteiger partial charge in [0.15, 0.2) is 5.76 Å². The Balaban J connectivity index is 1.36. The minimum absolute atomic E-state index is 0.0650. The number of ether oxygens (including phenoxy) is 1. The van der Waals surface area contributed by atoms with Crippen LogP contribution in [0.5, 0.6) is 0 Å². The van der Waals surface area contributed by atoms with Crippen LogP contribution in [0.4, 0.5) is 5.69 Å². The van der Waals surface area contributed by atoms with E-state index in [0.29, 0.717) is 11.3 Å². The van der Waals surface area contributed by atoms with Crippen LogP contribution in [-0.2, 0) is 20.7 Å². The van der Waals surface area contributed by atoms with E-state index in [4.69, 9.17) is 9.15 Å². The Kier molecular flexibility index (Phi) is 6.85. The van der Waals surface area contributed by atoms with E-state index in [1.807, 2.05) is 35.7 Å². The molecule has 1 atom stereocenters. The van der Waals surface area contributed by atoms with E-state index in [2.05, 4.69) is 10.6 Å². The minimum atomic E-state index is -0.438. The van der Waals surface area contributed by atoms with Crippen LogP contribution < -0.4 is 10.6 Å². The maximum absolute atomic E-state index is 12.6. The van der Waals surface area contributed by atoms with Gasteiger partial charge in [-0.3, -0.25) is 14.4 Å². The van der Waals surface area contributed by atoms with Crippen LogP contribution in [0.3, 0.4) is 0 Å². The lowest BCUT2D eigenvalue weighted by Gasteiger charge is -2.16. The molecule has 168 valence electrons. The van der Waals surface area contributed by atoms with Crippen molar-refractivity contribution in [2.45, 2.75) is 18.9 Å². The highest BCUT2D eigenvalue weighted by atomic mass is 32.1. The number of methoxy groups -OCH3 is 1. The number of hydrogen-bond acceptors (Lipinski definition) is 6. The molecule has 2 aromatic heterocycles. The van der Waals surface area contributed by atoms with Crippen molar-refractivity contribution < 1.29 is 23.5 Å². The van der Waals surface area contributed by atoms with Crippen LogP contribution in [0.1, 0.15) is 33.5 Å². The van der Waals surface area contributed by atoms with Crippen molar-refractivity contribution in [2.75, 3.05) is 12.4 Å². The van der Waals surface area contributed by atoms with Gasteiger partial charge in [0.25, 0.3) is 5.91 Å². The number of benzene rings is 2. The van der Waals surface area contributed by atoms with Gasteiger partial charge < -0.3 is 19.8 Å². The number of thiophene rings is 1. The maximum atomic E-state index is 12.6. The molecule has 2 heterocycles. The molecule has 4 rings (SSSR count). The number of rotatable bonds is 8. The number of hydrogen-bond donors (Lipinski definition) is 2. The maximum Gasteiger partial charge on any atom is 0.307 e. The number of esters is 1. The summed E-state index contributed by atoms with van der Waals surface area (Å²) in [7, 11) is 1.32. The summed E-state index contributed by atoms with van der Waals surface area (Å²) in [6, 6.07) is 19.4. The van der Waals surface area contributed by atoms with Crippen molar-refractivity contribution in [1.29, 1.82) is 0 Å². The van der Waals surface area contributed by atoms with Crippen LogP contribution in [0.25, 0.3) is 11.0 Å². The summed E-state index contributed by atoms with van der Waals surface area (Å²) in [4.78, 5) is 37.7. The largest absolute Gasteiger partial charge is 0.469 e. The van der Waals surface area contributed by atoms with Crippen LogP contribution in [-0.4, -0.2) is 24.9 Å². The van der Waals surface area contributed by atoms with Crippen molar-refractivity contribution in [2.24, 2.45) is 0 Å². The summed E-state index contributed by atoms with van der Waals surface area (Å²) < 4.78 is 10.3. The summed E-state index contributed by atoms with van der Waals surface area (Å²) in [5.41, 5.74) is 2.01. The number of nitrogens with one attached hydrogen (secondary N) is 2. The van der Waals surface area contributed by atoms with Crippen molar-refractivity contribution in [1.82, 2.24) is 5.32 Å². The van der Waals surface area contributed by atoms with E-state index >= 15 is 0 Å². The third kappa shape index (κ3) is 5.67. The molecule has 0 aliphatic heterocycles. The molecule has 0 saturated heterocycles. The van der Waals surface area contributed by atoms with Crippen LogP contribution in [0.15, 0.2) is 76.5 Å². The summed E-state index contributed by atoms with van der Waals surface area (Å²) in [6.45, 7) is 0. The Hall–Kier alpha value is -3.91. The zero-order valence-corrected chi connectivity index (χ0v) is 18.7. The van der Waals surface area contributed by atoms with Crippen molar-refractivity contribution >= 4 is 45.8 Å². The molecular weight excluding hydrogens is 440 g/mol. The molecule has 1 unspecified atom stereocenters. The first-order valence-electron chi connectivity index (χ1n) is 10.3. The van der Waals surface area contributed by atoms with Crippen molar-refractivity contribution in [3.8, 4) is 0 Å². The predicted molar refractivity (Wildman–Crippen MR) is 126 cm³/mol. The smallest absolute Gasteiger partial charge is 0.307 e. The van der Waals surface area contributed by atoms with Gasteiger partial charge in [-0.2, -0.15) is 0 Å². The molecule has 0 bridgehead atoms. The average Bonchev–Trinajstić information content (AvgIpc) is 3.50. The number of carbonyl (C=O) groups is 3. The Bertz CT molecular complexity index is 1230. The number of anilines is 1. The summed E-state index contributed by atoms with van der Waals surface area (Å²) in [5, 5.41) is 8.45.